The summed E-state index contributed by atoms with van der Waals surface area (Å²) in [6, 6.07) is 0. The average Bonchev–Trinajstić information content (AvgIpc) is 2.34. The molecule has 0 spiro atoms. The van der Waals surface area contributed by atoms with Crippen LogP contribution < -0.4 is 0 Å². The van der Waals surface area contributed by atoms with Crippen molar-refractivity contribution in [1.29, 1.82) is 0 Å². The van der Waals surface area contributed by atoms with E-state index in [1.54, 1.807) is 6.29 Å². The predicted molar refractivity (Wildman–Crippen MR) is 100 cm³/mol. The van der Waals surface area contributed by atoms with Gasteiger partial charge in [0.15, 0.2) is 13.5 Å². The smallest absolute Gasteiger partial charge is 0.234 e. The van der Waals surface area contributed by atoms with Gasteiger partial charge in [-0.2, -0.15) is 0 Å². The highest BCUT2D eigenvalue weighted by molar-refractivity contribution is 6.98. The Morgan fingerprint density at radius 1 is 1.14 bits per heavy atom. The Balaban J connectivity index is 5.50. The summed E-state index contributed by atoms with van der Waals surface area (Å²) in [5, 5.41) is 19.7. The van der Waals surface area contributed by atoms with E-state index in [2.05, 4.69) is 39.7 Å². The molecule has 0 aromatic carbocycles. The first kappa shape index (κ1) is 22.2. The molecule has 2 N–H and O–H groups in total. The van der Waals surface area contributed by atoms with Gasteiger partial charge in [0.1, 0.15) is 0 Å². The highest BCUT2D eigenvalue weighted by Crippen LogP contribution is 2.37. The van der Waals surface area contributed by atoms with Crippen LogP contribution in [-0.4, -0.2) is 52.5 Å². The van der Waals surface area contributed by atoms with Crippen LogP contribution in [0.15, 0.2) is 0 Å². The standard InChI is InChI=1S/C15H35O4Si3/c1-10-11-14(17)15(18,12-16)22(8,9)19-21(6,7)13(2)20(3,4)5/h13-14,17-18H,10-11H2,1-9H3. The number of hydrogen-bond acceptors (Lipinski definition) is 4. The highest BCUT2D eigenvalue weighted by Gasteiger charge is 2.56. The van der Waals surface area contributed by atoms with Crippen LogP contribution in [0.25, 0.3) is 0 Å². The van der Waals surface area contributed by atoms with Crippen LogP contribution in [0.1, 0.15) is 26.7 Å². The summed E-state index contributed by atoms with van der Waals surface area (Å²) in [7, 11) is -6.36. The van der Waals surface area contributed by atoms with Gasteiger partial charge in [-0.15, -0.1) is 0 Å². The minimum atomic E-state index is -2.87. The van der Waals surface area contributed by atoms with Gasteiger partial charge in [-0.05, 0) is 37.8 Å². The van der Waals surface area contributed by atoms with Crippen molar-refractivity contribution in [2.75, 3.05) is 0 Å². The third kappa shape index (κ3) is 4.85. The Labute approximate surface area is 139 Å². The molecule has 0 heterocycles. The molecule has 0 fully saturated rings. The molecule has 0 aromatic heterocycles. The minimum Gasteiger partial charge on any atom is -0.453 e. The van der Waals surface area contributed by atoms with E-state index in [1.807, 2.05) is 20.0 Å². The van der Waals surface area contributed by atoms with Gasteiger partial charge in [0.2, 0.25) is 14.6 Å². The summed E-state index contributed by atoms with van der Waals surface area (Å²) >= 11 is 0. The first-order valence-electron chi connectivity index (χ1n) is 8.15. The topological polar surface area (TPSA) is 66.8 Å². The van der Waals surface area contributed by atoms with E-state index in [-0.39, 0.29) is 0 Å². The molecule has 0 rings (SSSR count). The molecule has 4 nitrogen and oxygen atoms in total. The van der Waals surface area contributed by atoms with E-state index in [9.17, 15) is 15.0 Å². The molecule has 0 aromatic rings. The van der Waals surface area contributed by atoms with Gasteiger partial charge in [-0.1, -0.05) is 39.9 Å². The zero-order valence-electron chi connectivity index (χ0n) is 15.8. The van der Waals surface area contributed by atoms with Gasteiger partial charge in [-0.3, -0.25) is 4.79 Å². The number of aliphatic hydroxyl groups excluding tert-OH is 1. The largest absolute Gasteiger partial charge is 0.453 e. The Kier molecular flexibility index (Phi) is 7.46. The molecule has 0 saturated heterocycles. The number of hydrogen-bond donors (Lipinski definition) is 2. The van der Waals surface area contributed by atoms with Crippen LogP contribution in [-0.2, 0) is 8.91 Å². The molecule has 0 aliphatic heterocycles. The maximum Gasteiger partial charge on any atom is 0.234 e. The quantitative estimate of drug-likeness (QED) is 0.617. The lowest BCUT2D eigenvalue weighted by atomic mass is 10.1. The third-order valence-corrected chi connectivity index (χ3v) is 20.8. The van der Waals surface area contributed by atoms with E-state index < -0.39 is 36.0 Å². The summed E-state index contributed by atoms with van der Waals surface area (Å²) < 4.78 is 6.48. The molecule has 131 valence electrons. The van der Waals surface area contributed by atoms with E-state index in [0.29, 0.717) is 18.0 Å². The molecule has 22 heavy (non-hydrogen) atoms. The second kappa shape index (κ2) is 7.40. The van der Waals surface area contributed by atoms with Crippen molar-refractivity contribution in [3.05, 3.63) is 0 Å². The number of rotatable bonds is 9. The molecular weight excluding hydrogens is 328 g/mol. The fraction of sp³-hybridized carbons (Fsp3) is 0.933. The van der Waals surface area contributed by atoms with Gasteiger partial charge in [-0.25, -0.2) is 0 Å². The molecular formula is C15H35O4Si3. The Hall–Kier alpha value is 0.201. The zero-order valence-corrected chi connectivity index (χ0v) is 18.8. The van der Waals surface area contributed by atoms with Crippen LogP contribution in [0.2, 0.25) is 51.0 Å². The van der Waals surface area contributed by atoms with Crippen molar-refractivity contribution in [1.82, 2.24) is 0 Å². The summed E-state index contributed by atoms with van der Waals surface area (Å²) in [5.41, 5.74) is 0. The van der Waals surface area contributed by atoms with Crippen LogP contribution >= 0.6 is 0 Å². The fourth-order valence-electron chi connectivity index (χ4n) is 2.94. The Morgan fingerprint density at radius 2 is 1.59 bits per heavy atom. The zero-order chi connectivity index (χ0) is 18.0. The average molecular weight is 364 g/mol. The monoisotopic (exact) mass is 363 g/mol. The van der Waals surface area contributed by atoms with Gasteiger partial charge in [0, 0.05) is 8.07 Å². The lowest BCUT2D eigenvalue weighted by molar-refractivity contribution is 0.00934. The first-order valence-corrected chi connectivity index (χ1v) is 17.6. The SMILES string of the molecule is CCCC(O)C(O)([C]=O)[Si](C)(C)O[Si](C)(C)C(C)[Si](C)(C)C. The molecule has 1 radical (unpaired) electrons. The van der Waals surface area contributed by atoms with Crippen molar-refractivity contribution in [3.63, 3.8) is 0 Å². The van der Waals surface area contributed by atoms with E-state index in [1.165, 1.54) is 0 Å². The Bertz CT molecular complexity index is 379. The first-order chi connectivity index (χ1) is 9.65. The summed E-state index contributed by atoms with van der Waals surface area (Å²) in [6.07, 6.45) is 1.69. The number of aliphatic hydroxyl groups is 2. The summed E-state index contributed by atoms with van der Waals surface area (Å²) in [5.74, 6) is 0. The molecule has 7 heteroatoms. The van der Waals surface area contributed by atoms with Crippen molar-refractivity contribution in [2.45, 2.75) is 89.0 Å². The maximum absolute atomic E-state index is 11.5. The van der Waals surface area contributed by atoms with Crippen molar-refractivity contribution >= 4 is 31.0 Å². The van der Waals surface area contributed by atoms with Gasteiger partial charge >= 0.3 is 0 Å². The minimum absolute atomic E-state index is 0.372. The normalized spacial score (nSPS) is 19.4. The van der Waals surface area contributed by atoms with Gasteiger partial charge in [0.25, 0.3) is 0 Å². The van der Waals surface area contributed by atoms with Crippen molar-refractivity contribution < 1.29 is 19.1 Å². The molecule has 0 bridgehead atoms. The van der Waals surface area contributed by atoms with Crippen molar-refractivity contribution in [2.24, 2.45) is 0 Å². The molecule has 0 aliphatic rings. The summed E-state index contributed by atoms with van der Waals surface area (Å²) in [4.78, 5) is 11.5. The fourth-order valence-corrected chi connectivity index (χ4v) is 19.6. The highest BCUT2D eigenvalue weighted by atomic mass is 28.4. The predicted octanol–water partition coefficient (Wildman–Crippen LogP) is 3.22. The summed E-state index contributed by atoms with van der Waals surface area (Å²) in [6.45, 7) is 19.0. The lowest BCUT2D eigenvalue weighted by Gasteiger charge is -2.47. The second-order valence-electron chi connectivity index (χ2n) is 8.48. The van der Waals surface area contributed by atoms with E-state index in [0.717, 1.165) is 0 Å². The van der Waals surface area contributed by atoms with E-state index >= 15 is 0 Å². The van der Waals surface area contributed by atoms with Crippen LogP contribution in [0.5, 0.6) is 0 Å². The molecule has 3 atom stereocenters. The van der Waals surface area contributed by atoms with E-state index in [4.69, 9.17) is 4.12 Å². The van der Waals surface area contributed by atoms with Crippen LogP contribution in [0, 0.1) is 0 Å². The lowest BCUT2D eigenvalue weighted by Crippen LogP contribution is -2.68. The van der Waals surface area contributed by atoms with Crippen LogP contribution in [0.3, 0.4) is 0 Å². The molecule has 0 aliphatic carbocycles. The molecule has 0 saturated carbocycles. The Morgan fingerprint density at radius 3 is 1.91 bits per heavy atom. The second-order valence-corrected chi connectivity index (χ2v) is 23.3. The number of carbonyl (C=O) groups excluding carboxylic acids is 1. The third-order valence-electron chi connectivity index (χ3n) is 4.98. The molecule has 0 amide bonds. The van der Waals surface area contributed by atoms with Gasteiger partial charge < -0.3 is 14.3 Å². The molecule has 3 unspecified atom stereocenters. The van der Waals surface area contributed by atoms with Crippen molar-refractivity contribution in [3.8, 4) is 0 Å². The van der Waals surface area contributed by atoms with Crippen LogP contribution in [0.4, 0.5) is 0 Å². The van der Waals surface area contributed by atoms with Gasteiger partial charge in [0.05, 0.1) is 6.10 Å². The maximum atomic E-state index is 11.5.